The Labute approximate surface area is 374 Å². The van der Waals surface area contributed by atoms with Gasteiger partial charge in [0.25, 0.3) is 5.91 Å². The van der Waals surface area contributed by atoms with Crippen LogP contribution in [0.5, 0.6) is 0 Å². The Morgan fingerprint density at radius 2 is 1.72 bits per heavy atom. The summed E-state index contributed by atoms with van der Waals surface area (Å²) in [5, 5.41) is 10.2. The van der Waals surface area contributed by atoms with Gasteiger partial charge in [-0.2, -0.15) is 9.46 Å². The molecule has 0 spiro atoms. The van der Waals surface area contributed by atoms with Gasteiger partial charge in [0.15, 0.2) is 5.82 Å². The van der Waals surface area contributed by atoms with Crippen LogP contribution in [0.3, 0.4) is 0 Å². The van der Waals surface area contributed by atoms with Gasteiger partial charge in [0.2, 0.25) is 0 Å². The molecule has 336 valence electrons. The molecule has 7 heterocycles. The molecule has 1 N–H and O–H groups in total. The van der Waals surface area contributed by atoms with E-state index in [2.05, 4.69) is 53.5 Å². The molecule has 1 saturated heterocycles. The van der Waals surface area contributed by atoms with Gasteiger partial charge in [0.05, 0.1) is 49.9 Å². The quantitative estimate of drug-likeness (QED) is 0.170. The minimum Gasteiger partial charge on any atom is -0.376 e. The summed E-state index contributed by atoms with van der Waals surface area (Å²) in [5.74, 6) is 0.169. The molecule has 17 heteroatoms. The molecule has 11 rings (SSSR count). The Morgan fingerprint density at radius 3 is 2.43 bits per heavy atom. The van der Waals surface area contributed by atoms with Crippen molar-refractivity contribution in [2.45, 2.75) is 96.1 Å². The SMILES string of the molecule is Cc1cc(-n2nc3c(c2-n2ccn(-c4ccc5c(c4)CS(C)(=O)=N5)c2=O)[C@H](C)N(C(=O)c2cc4cc([C@H]5CCOC(C)(C)C5)ccc4n2[C@@]2(c4noc(=O)[nH]4)C[C@@H]2C)CC3)cc(C)c1F. The van der Waals surface area contributed by atoms with Crippen molar-refractivity contribution in [1.82, 2.24) is 38.5 Å². The van der Waals surface area contributed by atoms with Crippen LogP contribution in [0, 0.1) is 25.6 Å². The number of carbonyl (C=O) groups is 1. The number of imidazole rings is 1. The third-order valence-corrected chi connectivity index (χ3v) is 15.6. The number of ether oxygens (including phenoxy) is 1. The summed E-state index contributed by atoms with van der Waals surface area (Å²) in [6.07, 6.45) is 7.75. The second kappa shape index (κ2) is 14.3. The van der Waals surface area contributed by atoms with E-state index in [1.165, 1.54) is 14.7 Å². The van der Waals surface area contributed by atoms with Crippen molar-refractivity contribution in [2.75, 3.05) is 19.4 Å². The van der Waals surface area contributed by atoms with Crippen molar-refractivity contribution in [3.8, 4) is 17.2 Å². The van der Waals surface area contributed by atoms with E-state index in [-0.39, 0.29) is 34.9 Å². The molecule has 1 unspecified atom stereocenters. The van der Waals surface area contributed by atoms with Crippen molar-refractivity contribution in [3.05, 3.63) is 139 Å². The highest BCUT2D eigenvalue weighted by Crippen LogP contribution is 2.56. The molecule has 4 aliphatic rings. The Balaban J connectivity index is 1.05. The number of aromatic amines is 1. The first kappa shape index (κ1) is 41.4. The number of carbonyl (C=O) groups excluding carboxylic acids is 1. The average molecular weight is 900 g/mol. The molecule has 0 radical (unpaired) electrons. The number of aromatic nitrogens is 7. The van der Waals surface area contributed by atoms with Gasteiger partial charge in [0.1, 0.15) is 22.9 Å². The Kier molecular flexibility index (Phi) is 9.13. The van der Waals surface area contributed by atoms with E-state index in [4.69, 9.17) is 14.4 Å². The van der Waals surface area contributed by atoms with E-state index < -0.39 is 27.1 Å². The first-order valence-corrected chi connectivity index (χ1v) is 24.2. The monoisotopic (exact) mass is 899 g/mol. The van der Waals surface area contributed by atoms with Gasteiger partial charge in [-0.3, -0.25) is 23.4 Å². The Bertz CT molecular complexity index is 3390. The predicted molar refractivity (Wildman–Crippen MR) is 243 cm³/mol. The van der Waals surface area contributed by atoms with Crippen LogP contribution < -0.4 is 11.4 Å². The van der Waals surface area contributed by atoms with Crippen LogP contribution in [0.25, 0.3) is 28.1 Å². The van der Waals surface area contributed by atoms with Gasteiger partial charge >= 0.3 is 11.4 Å². The number of rotatable bonds is 7. The minimum atomic E-state index is -2.40. The molecule has 65 heavy (non-hydrogen) atoms. The summed E-state index contributed by atoms with van der Waals surface area (Å²) < 4.78 is 50.3. The van der Waals surface area contributed by atoms with Crippen LogP contribution in [0.4, 0.5) is 10.1 Å². The fraction of sp³-hybridized carbons (Fsp3) is 0.396. The standard InChI is InChI=1S/C48H50FN9O6S/c1-26-18-35(19-27(2)41(26)49)58-42(56-16-15-55(46(56)61)34-9-10-36-33(21-34)25-65(7,62)53-36)40-29(4)54(14-12-37(40)51-58)43(59)39-22-32-20-30(31-13-17-63-47(5,6)24-31)8-11-38(32)57(39)48(23-28(48)3)44-50-45(60)64-52-44/h8-11,15-16,18-22,28-29,31H,12-14,17,23-25H2,1-7H3,(H,50,52,60)/t28-,29-,31-,48-,65?/m0/s1. The first-order valence-electron chi connectivity index (χ1n) is 22.1. The lowest BCUT2D eigenvalue weighted by atomic mass is 9.83. The number of halogens is 1. The van der Waals surface area contributed by atoms with Crippen LogP contribution in [0.1, 0.15) is 109 Å². The number of benzene rings is 3. The van der Waals surface area contributed by atoms with Crippen LogP contribution in [0.15, 0.2) is 85.5 Å². The molecule has 1 aliphatic carbocycles. The van der Waals surface area contributed by atoms with Gasteiger partial charge in [-0.1, -0.05) is 18.1 Å². The lowest BCUT2D eigenvalue weighted by molar-refractivity contribution is -0.0592. The maximum absolute atomic E-state index is 15.5. The normalized spacial score (nSPS) is 24.6. The zero-order chi connectivity index (χ0) is 45.5. The second-order valence-corrected chi connectivity index (χ2v) is 21.6. The maximum Gasteiger partial charge on any atom is 0.438 e. The maximum atomic E-state index is 15.5. The number of hydrogen-bond donors (Lipinski definition) is 1. The van der Waals surface area contributed by atoms with E-state index in [0.717, 1.165) is 29.3 Å². The van der Waals surface area contributed by atoms with Gasteiger partial charge < -0.3 is 14.2 Å². The lowest BCUT2D eigenvalue weighted by Gasteiger charge is -2.35. The second-order valence-electron chi connectivity index (χ2n) is 19.2. The van der Waals surface area contributed by atoms with Gasteiger partial charge in [-0.05, 0) is 137 Å². The fourth-order valence-corrected chi connectivity index (χ4v) is 12.4. The van der Waals surface area contributed by atoms with E-state index >= 15 is 9.18 Å². The molecule has 3 aromatic carbocycles. The zero-order valence-corrected chi connectivity index (χ0v) is 38.2. The molecule has 7 aromatic rings. The zero-order valence-electron chi connectivity index (χ0n) is 37.3. The van der Waals surface area contributed by atoms with Gasteiger partial charge in [-0.15, -0.1) is 0 Å². The smallest absolute Gasteiger partial charge is 0.376 e. The number of hydrogen-bond acceptors (Lipinski definition) is 9. The number of aryl methyl sites for hydroxylation is 2. The van der Waals surface area contributed by atoms with Crippen molar-refractivity contribution < 1.29 is 22.7 Å². The third kappa shape index (κ3) is 6.51. The third-order valence-electron chi connectivity index (χ3n) is 14.2. The summed E-state index contributed by atoms with van der Waals surface area (Å²) in [6.45, 7) is 12.6. The van der Waals surface area contributed by atoms with Gasteiger partial charge in [-0.25, -0.2) is 22.9 Å². The number of amides is 1. The van der Waals surface area contributed by atoms with Crippen LogP contribution >= 0.6 is 0 Å². The van der Waals surface area contributed by atoms with E-state index in [0.29, 0.717) is 88.5 Å². The minimum absolute atomic E-state index is 0.0151. The van der Waals surface area contributed by atoms with E-state index in [1.54, 1.807) is 61.4 Å². The lowest BCUT2D eigenvalue weighted by Crippen LogP contribution is -2.41. The Hall–Kier alpha value is -6.33. The summed E-state index contributed by atoms with van der Waals surface area (Å²) in [5.41, 5.74) is 5.85. The van der Waals surface area contributed by atoms with Crippen LogP contribution in [0.2, 0.25) is 0 Å². The van der Waals surface area contributed by atoms with Crippen molar-refractivity contribution in [2.24, 2.45) is 10.3 Å². The predicted octanol–water partition coefficient (Wildman–Crippen LogP) is 7.66. The van der Waals surface area contributed by atoms with Crippen molar-refractivity contribution in [1.29, 1.82) is 0 Å². The molecule has 0 bridgehead atoms. The van der Waals surface area contributed by atoms with Crippen molar-refractivity contribution in [3.63, 3.8) is 0 Å². The average Bonchev–Trinajstić information content (AvgIpc) is 3.86. The van der Waals surface area contributed by atoms with Crippen molar-refractivity contribution >= 4 is 32.2 Å². The Morgan fingerprint density at radius 1 is 0.969 bits per heavy atom. The molecule has 1 saturated carbocycles. The van der Waals surface area contributed by atoms with Crippen LogP contribution in [-0.4, -0.2) is 73.6 Å². The summed E-state index contributed by atoms with van der Waals surface area (Å²) in [6, 6.07) is 16.6. The molecular formula is C48H50FN9O6S. The molecule has 2 fully saturated rings. The molecule has 5 atom stereocenters. The van der Waals surface area contributed by atoms with E-state index in [1.807, 2.05) is 28.5 Å². The first-order chi connectivity index (χ1) is 30.9. The van der Waals surface area contributed by atoms with E-state index in [9.17, 15) is 13.8 Å². The molecule has 1 amide bonds. The summed E-state index contributed by atoms with van der Waals surface area (Å²) in [7, 11) is -2.40. The highest BCUT2D eigenvalue weighted by Gasteiger charge is 2.59. The summed E-state index contributed by atoms with van der Waals surface area (Å²) >= 11 is 0. The number of H-pyrrole nitrogens is 1. The molecule has 4 aromatic heterocycles. The molecule has 15 nitrogen and oxygen atoms in total. The number of fused-ring (bicyclic) bond motifs is 3. The molecule has 3 aliphatic heterocycles. The fourth-order valence-electron chi connectivity index (χ4n) is 10.9. The number of nitrogens with one attached hydrogen (secondary N) is 1. The topological polar surface area (TPSA) is 168 Å². The summed E-state index contributed by atoms with van der Waals surface area (Å²) in [4.78, 5) is 47.3. The van der Waals surface area contributed by atoms with Crippen LogP contribution in [-0.2, 0) is 32.2 Å². The largest absolute Gasteiger partial charge is 0.438 e. The molecular weight excluding hydrogens is 850 g/mol. The highest BCUT2D eigenvalue weighted by molar-refractivity contribution is 7.92. The highest BCUT2D eigenvalue weighted by atomic mass is 32.2. The number of nitrogens with zero attached hydrogens (tertiary/aromatic N) is 8. The van der Waals surface area contributed by atoms with Gasteiger partial charge in [0, 0.05) is 54.7 Å².